The van der Waals surface area contributed by atoms with Crippen LogP contribution in [0.5, 0.6) is 0 Å². The van der Waals surface area contributed by atoms with Gasteiger partial charge in [0.1, 0.15) is 13.2 Å². The minimum absolute atomic E-state index is 0.0739. The quantitative estimate of drug-likeness (QED) is 0.0261. The van der Waals surface area contributed by atoms with Crippen LogP contribution in [-0.4, -0.2) is 37.2 Å². The van der Waals surface area contributed by atoms with Crippen LogP contribution in [0, 0.1) is 0 Å². The van der Waals surface area contributed by atoms with Gasteiger partial charge >= 0.3 is 17.9 Å². The van der Waals surface area contributed by atoms with E-state index >= 15 is 0 Å². The van der Waals surface area contributed by atoms with E-state index in [0.717, 1.165) is 103 Å². The Morgan fingerprint density at radius 3 is 0.735 bits per heavy atom. The fraction of sp³-hybridized carbons (Fsp3) is 0.805. The van der Waals surface area contributed by atoms with Crippen molar-refractivity contribution in [2.75, 3.05) is 13.2 Å². The summed E-state index contributed by atoms with van der Waals surface area (Å²) in [5.74, 6) is -0.864. The van der Waals surface area contributed by atoms with Crippen molar-refractivity contribution in [1.29, 1.82) is 0 Å². The Kier molecular flexibility index (Phi) is 68.6. The topological polar surface area (TPSA) is 78.9 Å². The van der Waals surface area contributed by atoms with Gasteiger partial charge in [-0.2, -0.15) is 0 Å². The lowest BCUT2D eigenvalue weighted by atomic mass is 10.0. The van der Waals surface area contributed by atoms with Gasteiger partial charge < -0.3 is 14.2 Å². The van der Waals surface area contributed by atoms with Crippen LogP contribution in [0.3, 0.4) is 0 Å². The lowest BCUT2D eigenvalue weighted by molar-refractivity contribution is -0.167. The molecule has 6 nitrogen and oxygen atoms in total. The zero-order valence-corrected chi connectivity index (χ0v) is 55.5. The Morgan fingerprint density at radius 2 is 0.470 bits per heavy atom. The number of carbonyl (C=O) groups excluding carboxylic acids is 3. The van der Waals surface area contributed by atoms with Crippen LogP contribution >= 0.6 is 0 Å². The first-order chi connectivity index (χ1) is 41.0. The van der Waals surface area contributed by atoms with Gasteiger partial charge in [0.05, 0.1) is 0 Å². The number of allylic oxidation sites excluding steroid dienone is 12. The maximum Gasteiger partial charge on any atom is 0.306 e. The molecule has 1 unspecified atom stereocenters. The predicted octanol–water partition coefficient (Wildman–Crippen LogP) is 25.2. The van der Waals surface area contributed by atoms with Crippen molar-refractivity contribution in [3.8, 4) is 0 Å². The molecule has 0 aliphatic heterocycles. The fourth-order valence-electron chi connectivity index (χ4n) is 10.8. The smallest absolute Gasteiger partial charge is 0.306 e. The molecule has 0 aromatic rings. The Balaban J connectivity index is 4.13. The van der Waals surface area contributed by atoms with Crippen molar-refractivity contribution in [2.45, 2.75) is 386 Å². The van der Waals surface area contributed by atoms with Crippen LogP contribution in [0.25, 0.3) is 0 Å². The average molecular weight is 1160 g/mol. The Bertz CT molecular complexity index is 1520. The fourth-order valence-corrected chi connectivity index (χ4v) is 10.8. The normalized spacial score (nSPS) is 12.5. The molecule has 0 heterocycles. The summed E-state index contributed by atoms with van der Waals surface area (Å²) in [6.45, 7) is 6.56. The SMILES string of the molecule is CC/C=C\C/C=C\C/C=C\C/C=C\C/C=C\C/C=C\CCCCCCCCCCC(=O)OC(COC(=O)CCCCCCCCCCC)COC(=O)CCCCCCCCCCCCCCCCCCCCCCCCCCCCCCC. The second kappa shape index (κ2) is 71.3. The molecule has 0 saturated carbocycles. The third kappa shape index (κ3) is 69.5. The van der Waals surface area contributed by atoms with Gasteiger partial charge in [-0.25, -0.2) is 0 Å². The van der Waals surface area contributed by atoms with Gasteiger partial charge in [-0.1, -0.05) is 363 Å². The average Bonchev–Trinajstić information content (AvgIpc) is 3.49. The van der Waals surface area contributed by atoms with Crippen molar-refractivity contribution in [3.63, 3.8) is 0 Å². The molecular weight excluding hydrogens is 1020 g/mol. The van der Waals surface area contributed by atoms with Gasteiger partial charge in [0.2, 0.25) is 0 Å². The van der Waals surface area contributed by atoms with E-state index in [-0.39, 0.29) is 31.1 Å². The van der Waals surface area contributed by atoms with Gasteiger partial charge in [0, 0.05) is 19.3 Å². The molecule has 1 atom stereocenters. The molecule has 0 N–H and O–H groups in total. The highest BCUT2D eigenvalue weighted by atomic mass is 16.6. The number of rotatable bonds is 67. The molecule has 482 valence electrons. The molecule has 0 saturated heterocycles. The van der Waals surface area contributed by atoms with Gasteiger partial charge in [-0.15, -0.1) is 0 Å². The molecule has 83 heavy (non-hydrogen) atoms. The second-order valence-corrected chi connectivity index (χ2v) is 24.5. The summed E-state index contributed by atoms with van der Waals surface area (Å²) in [5, 5.41) is 0. The molecule has 0 spiro atoms. The van der Waals surface area contributed by atoms with Gasteiger partial charge in [0.15, 0.2) is 6.10 Å². The van der Waals surface area contributed by atoms with Gasteiger partial charge in [-0.05, 0) is 70.6 Å². The number of hydrogen-bond donors (Lipinski definition) is 0. The molecule has 0 aromatic heterocycles. The maximum absolute atomic E-state index is 12.9. The standard InChI is InChI=1S/C77H138O6/c1-4-7-10-13-16-19-21-23-25-27-29-31-33-35-37-38-40-41-43-45-47-49-51-53-55-58-61-64-67-70-76(79)82-73-74(72-81-75(78)69-66-63-60-57-18-15-12-9-6-3)83-77(80)71-68-65-62-59-56-54-52-50-48-46-44-42-39-36-34-32-30-28-26-24-22-20-17-14-11-8-5-2/h8,11,17,20,24,26,30,32,36,39,44,46,74H,4-7,9-10,12-16,18-19,21-23,25,27-29,31,33-35,37-38,40-43,45,47-73H2,1-3H3/b11-8-,20-17-,26-24-,32-30-,39-36-,46-44-. The van der Waals surface area contributed by atoms with E-state index < -0.39 is 6.10 Å². The first kappa shape index (κ1) is 79.8. The summed E-state index contributed by atoms with van der Waals surface area (Å²) in [6, 6.07) is 0. The summed E-state index contributed by atoms with van der Waals surface area (Å²) >= 11 is 0. The monoisotopic (exact) mass is 1160 g/mol. The lowest BCUT2D eigenvalue weighted by Crippen LogP contribution is -2.30. The molecule has 6 heteroatoms. The highest BCUT2D eigenvalue weighted by molar-refractivity contribution is 5.71. The van der Waals surface area contributed by atoms with E-state index in [9.17, 15) is 14.4 Å². The molecule has 0 rings (SSSR count). The van der Waals surface area contributed by atoms with E-state index in [4.69, 9.17) is 14.2 Å². The molecule has 0 aliphatic carbocycles. The maximum atomic E-state index is 12.9. The second-order valence-electron chi connectivity index (χ2n) is 24.5. The third-order valence-electron chi connectivity index (χ3n) is 16.2. The molecule has 0 amide bonds. The molecule has 0 bridgehead atoms. The predicted molar refractivity (Wildman–Crippen MR) is 362 cm³/mol. The van der Waals surface area contributed by atoms with Crippen molar-refractivity contribution in [1.82, 2.24) is 0 Å². The van der Waals surface area contributed by atoms with Crippen molar-refractivity contribution in [3.05, 3.63) is 72.9 Å². The van der Waals surface area contributed by atoms with E-state index in [2.05, 4.69) is 93.7 Å². The highest BCUT2D eigenvalue weighted by Crippen LogP contribution is 2.19. The number of unbranched alkanes of at least 4 members (excludes halogenated alkanes) is 44. The van der Waals surface area contributed by atoms with Gasteiger partial charge in [0.25, 0.3) is 0 Å². The number of esters is 3. The molecule has 0 aromatic carbocycles. The Labute approximate surface area is 516 Å². The lowest BCUT2D eigenvalue weighted by Gasteiger charge is -2.18. The van der Waals surface area contributed by atoms with Crippen LogP contribution in [0.2, 0.25) is 0 Å². The van der Waals surface area contributed by atoms with Crippen LogP contribution in [0.1, 0.15) is 380 Å². The van der Waals surface area contributed by atoms with Crippen molar-refractivity contribution < 1.29 is 28.6 Å². The van der Waals surface area contributed by atoms with E-state index in [1.165, 1.54) is 238 Å². The highest BCUT2D eigenvalue weighted by Gasteiger charge is 2.19. The summed E-state index contributed by atoms with van der Waals surface area (Å²) in [4.78, 5) is 38.3. The summed E-state index contributed by atoms with van der Waals surface area (Å²) in [5.41, 5.74) is 0. The van der Waals surface area contributed by atoms with E-state index in [1.54, 1.807) is 0 Å². The number of ether oxygens (including phenoxy) is 3. The third-order valence-corrected chi connectivity index (χ3v) is 16.2. The van der Waals surface area contributed by atoms with Crippen LogP contribution in [0.15, 0.2) is 72.9 Å². The molecule has 0 aliphatic rings. The van der Waals surface area contributed by atoms with Crippen molar-refractivity contribution >= 4 is 17.9 Å². The van der Waals surface area contributed by atoms with E-state index in [0.29, 0.717) is 19.3 Å². The summed E-state index contributed by atoms with van der Waals surface area (Å²) in [6.07, 6.45) is 93.9. The summed E-state index contributed by atoms with van der Waals surface area (Å²) < 4.78 is 16.9. The molecule has 0 fully saturated rings. The number of hydrogen-bond acceptors (Lipinski definition) is 6. The largest absolute Gasteiger partial charge is 0.462 e. The van der Waals surface area contributed by atoms with Crippen LogP contribution in [0.4, 0.5) is 0 Å². The zero-order valence-electron chi connectivity index (χ0n) is 55.5. The first-order valence-corrected chi connectivity index (χ1v) is 36.4. The van der Waals surface area contributed by atoms with E-state index in [1.807, 2.05) is 0 Å². The van der Waals surface area contributed by atoms with Crippen LogP contribution < -0.4 is 0 Å². The minimum Gasteiger partial charge on any atom is -0.462 e. The first-order valence-electron chi connectivity index (χ1n) is 36.4. The van der Waals surface area contributed by atoms with Gasteiger partial charge in [-0.3, -0.25) is 14.4 Å². The van der Waals surface area contributed by atoms with Crippen molar-refractivity contribution in [2.24, 2.45) is 0 Å². The Hall–Kier alpha value is -3.15. The molecular formula is C77H138O6. The minimum atomic E-state index is -0.778. The van der Waals surface area contributed by atoms with Crippen LogP contribution in [-0.2, 0) is 28.6 Å². The number of carbonyl (C=O) groups is 3. The Morgan fingerprint density at radius 1 is 0.253 bits per heavy atom. The summed E-state index contributed by atoms with van der Waals surface area (Å²) in [7, 11) is 0. The molecule has 0 radical (unpaired) electrons. The zero-order chi connectivity index (χ0) is 59.9.